The van der Waals surface area contributed by atoms with Crippen molar-refractivity contribution in [2.24, 2.45) is 7.05 Å². The molecular weight excluding hydrogens is 322 g/mol. The Morgan fingerprint density at radius 2 is 2.14 bits per heavy atom. The van der Waals surface area contributed by atoms with Crippen molar-refractivity contribution in [3.05, 3.63) is 64.3 Å². The number of thiophene rings is 2. The fraction of sp³-hybridized carbons (Fsp3) is 0.0667. The highest BCUT2D eigenvalue weighted by Gasteiger charge is 2.06. The Hall–Kier alpha value is -1.76. The molecule has 6 heteroatoms. The third kappa shape index (κ3) is 2.97. The first-order chi connectivity index (χ1) is 10.1. The van der Waals surface area contributed by atoms with E-state index in [2.05, 4.69) is 0 Å². The van der Waals surface area contributed by atoms with Crippen LogP contribution in [0, 0.1) is 0 Å². The highest BCUT2D eigenvalue weighted by Crippen LogP contribution is 2.09. The van der Waals surface area contributed by atoms with E-state index in [1.54, 1.807) is 24.5 Å². The molecular formula is C15H11NO2S3. The first-order valence-corrected chi connectivity index (χ1v) is 8.78. The molecule has 0 amide bonds. The molecule has 0 N–H and O–H groups in total. The van der Waals surface area contributed by atoms with E-state index >= 15 is 0 Å². The Balaban J connectivity index is 2.10. The average Bonchev–Trinajstić information content (AvgIpc) is 3.19. The van der Waals surface area contributed by atoms with Crippen LogP contribution in [0.5, 0.6) is 0 Å². The number of aromatic nitrogens is 1. The lowest BCUT2D eigenvalue weighted by Crippen LogP contribution is -2.29. The van der Waals surface area contributed by atoms with Gasteiger partial charge < -0.3 is 4.57 Å². The van der Waals surface area contributed by atoms with Gasteiger partial charge in [0.25, 0.3) is 5.56 Å². The summed E-state index contributed by atoms with van der Waals surface area (Å²) in [6.45, 7) is 0. The summed E-state index contributed by atoms with van der Waals surface area (Å²) in [6, 6.07) is 5.59. The SMILES string of the molecule is Cn1c(=O)/c(=C/c2ccsc2)s/c1=C\C(=O)c1cccs1. The molecule has 0 saturated carbocycles. The molecule has 21 heavy (non-hydrogen) atoms. The van der Waals surface area contributed by atoms with E-state index in [1.165, 1.54) is 33.3 Å². The molecule has 3 rings (SSSR count). The molecule has 3 aromatic heterocycles. The normalized spacial score (nSPS) is 13.0. The topological polar surface area (TPSA) is 39.1 Å². The molecule has 0 saturated heterocycles. The van der Waals surface area contributed by atoms with Gasteiger partial charge in [0.2, 0.25) is 0 Å². The Bertz CT molecular complexity index is 928. The van der Waals surface area contributed by atoms with Crippen LogP contribution in [0.4, 0.5) is 0 Å². The fourth-order valence-electron chi connectivity index (χ4n) is 1.82. The van der Waals surface area contributed by atoms with Gasteiger partial charge in [-0.1, -0.05) is 6.07 Å². The first-order valence-electron chi connectivity index (χ1n) is 6.14. The van der Waals surface area contributed by atoms with Crippen LogP contribution >= 0.6 is 34.0 Å². The lowest BCUT2D eigenvalue weighted by Gasteiger charge is -1.89. The largest absolute Gasteiger partial charge is 0.302 e. The van der Waals surface area contributed by atoms with E-state index in [9.17, 15) is 9.59 Å². The van der Waals surface area contributed by atoms with Crippen LogP contribution in [-0.4, -0.2) is 10.4 Å². The molecule has 0 bridgehead atoms. The predicted octanol–water partition coefficient (Wildman–Crippen LogP) is 2.06. The number of ketones is 1. The second-order valence-corrected chi connectivity index (χ2v) is 7.15. The van der Waals surface area contributed by atoms with Crippen molar-refractivity contribution in [2.75, 3.05) is 0 Å². The predicted molar refractivity (Wildman–Crippen MR) is 89.8 cm³/mol. The van der Waals surface area contributed by atoms with Crippen molar-refractivity contribution < 1.29 is 4.79 Å². The number of hydrogen-bond acceptors (Lipinski definition) is 5. The molecule has 3 heterocycles. The summed E-state index contributed by atoms with van der Waals surface area (Å²) in [7, 11) is 1.69. The average molecular weight is 333 g/mol. The number of hydrogen-bond donors (Lipinski definition) is 0. The Kier molecular flexibility index (Phi) is 4.01. The van der Waals surface area contributed by atoms with Crippen molar-refractivity contribution in [3.63, 3.8) is 0 Å². The van der Waals surface area contributed by atoms with E-state index in [1.807, 2.05) is 34.3 Å². The van der Waals surface area contributed by atoms with Crippen molar-refractivity contribution in [1.82, 2.24) is 4.57 Å². The highest BCUT2D eigenvalue weighted by atomic mass is 32.1. The Morgan fingerprint density at radius 3 is 2.81 bits per heavy atom. The number of rotatable bonds is 3. The minimum atomic E-state index is -0.0728. The van der Waals surface area contributed by atoms with E-state index in [0.717, 1.165) is 5.56 Å². The third-order valence-electron chi connectivity index (χ3n) is 2.92. The van der Waals surface area contributed by atoms with E-state index in [0.29, 0.717) is 14.1 Å². The Morgan fingerprint density at radius 1 is 1.29 bits per heavy atom. The summed E-state index contributed by atoms with van der Waals surface area (Å²) in [5, 5.41) is 5.82. The molecule has 0 aromatic carbocycles. The molecule has 0 spiro atoms. The number of Topliss-reactive ketones (excluding diaryl/α,β-unsaturated/α-hetero) is 1. The molecule has 3 aromatic rings. The van der Waals surface area contributed by atoms with Crippen LogP contribution in [0.25, 0.3) is 12.2 Å². The van der Waals surface area contributed by atoms with Crippen LogP contribution in [0.1, 0.15) is 15.2 Å². The van der Waals surface area contributed by atoms with Gasteiger partial charge in [-0.3, -0.25) is 9.59 Å². The third-order valence-corrected chi connectivity index (χ3v) is 5.62. The lowest BCUT2D eigenvalue weighted by molar-refractivity contribution is 0.106. The van der Waals surface area contributed by atoms with Crippen molar-refractivity contribution in [2.45, 2.75) is 0 Å². The fourth-order valence-corrected chi connectivity index (χ4v) is 4.10. The second-order valence-electron chi connectivity index (χ2n) is 4.36. The van der Waals surface area contributed by atoms with Gasteiger partial charge in [0, 0.05) is 13.1 Å². The number of nitrogens with zero attached hydrogens (tertiary/aromatic N) is 1. The van der Waals surface area contributed by atoms with Gasteiger partial charge in [0.1, 0.15) is 4.66 Å². The first kappa shape index (κ1) is 14.2. The van der Waals surface area contributed by atoms with Crippen LogP contribution in [-0.2, 0) is 7.05 Å². The van der Waals surface area contributed by atoms with Gasteiger partial charge in [-0.05, 0) is 39.9 Å². The van der Waals surface area contributed by atoms with Gasteiger partial charge in [-0.15, -0.1) is 22.7 Å². The van der Waals surface area contributed by atoms with Gasteiger partial charge in [0.05, 0.1) is 9.41 Å². The van der Waals surface area contributed by atoms with Crippen LogP contribution in [0.3, 0.4) is 0 Å². The smallest absolute Gasteiger partial charge is 0.268 e. The standard InChI is InChI=1S/C15H11NO2S3/c1-16-14(8-11(17)12-3-2-5-20-12)21-13(15(16)18)7-10-4-6-19-9-10/h2-9H,1H3/b13-7-,14-8-. The maximum absolute atomic E-state index is 12.2. The Labute approximate surface area is 132 Å². The zero-order valence-corrected chi connectivity index (χ0v) is 13.6. The summed E-state index contributed by atoms with van der Waals surface area (Å²) in [5.41, 5.74) is 0.937. The zero-order valence-electron chi connectivity index (χ0n) is 11.1. The molecule has 0 aliphatic rings. The number of carbonyl (C=O) groups is 1. The molecule has 106 valence electrons. The quantitative estimate of drug-likeness (QED) is 0.688. The summed E-state index contributed by atoms with van der Waals surface area (Å²) < 4.78 is 2.83. The van der Waals surface area contributed by atoms with E-state index in [-0.39, 0.29) is 11.3 Å². The maximum atomic E-state index is 12.2. The van der Waals surface area contributed by atoms with E-state index < -0.39 is 0 Å². The summed E-state index contributed by atoms with van der Waals surface area (Å²) >= 11 is 4.33. The monoisotopic (exact) mass is 333 g/mol. The summed E-state index contributed by atoms with van der Waals surface area (Å²) in [6.07, 6.45) is 3.39. The van der Waals surface area contributed by atoms with Crippen molar-refractivity contribution in [1.29, 1.82) is 0 Å². The van der Waals surface area contributed by atoms with Gasteiger partial charge >= 0.3 is 0 Å². The minimum absolute atomic E-state index is 0.0658. The lowest BCUT2D eigenvalue weighted by atomic mass is 10.3. The molecule has 0 fully saturated rings. The van der Waals surface area contributed by atoms with Crippen molar-refractivity contribution >= 4 is 51.9 Å². The minimum Gasteiger partial charge on any atom is -0.302 e. The summed E-state index contributed by atoms with van der Waals surface area (Å²) in [4.78, 5) is 25.0. The van der Waals surface area contributed by atoms with Gasteiger partial charge in [0.15, 0.2) is 5.78 Å². The number of thiazole rings is 1. The summed E-state index contributed by atoms with van der Waals surface area (Å²) in [5.74, 6) is -0.0658. The van der Waals surface area contributed by atoms with Crippen LogP contribution < -0.4 is 14.8 Å². The molecule has 3 nitrogen and oxygen atoms in total. The highest BCUT2D eigenvalue weighted by molar-refractivity contribution is 7.12. The molecule has 0 aliphatic heterocycles. The molecule has 0 aliphatic carbocycles. The maximum Gasteiger partial charge on any atom is 0.268 e. The molecule has 0 atom stereocenters. The number of carbonyl (C=O) groups excluding carboxylic acids is 1. The molecule has 0 radical (unpaired) electrons. The van der Waals surface area contributed by atoms with E-state index in [4.69, 9.17) is 0 Å². The van der Waals surface area contributed by atoms with Gasteiger partial charge in [-0.2, -0.15) is 11.3 Å². The van der Waals surface area contributed by atoms with Gasteiger partial charge in [-0.25, -0.2) is 0 Å². The zero-order chi connectivity index (χ0) is 14.8. The molecule has 0 unspecified atom stereocenters. The van der Waals surface area contributed by atoms with Crippen LogP contribution in [0.15, 0.2) is 39.1 Å². The van der Waals surface area contributed by atoms with Crippen molar-refractivity contribution in [3.8, 4) is 0 Å². The van der Waals surface area contributed by atoms with Crippen LogP contribution in [0.2, 0.25) is 0 Å². The second kappa shape index (κ2) is 5.93.